The van der Waals surface area contributed by atoms with Gasteiger partial charge in [0.15, 0.2) is 0 Å². The average Bonchev–Trinajstić information content (AvgIpc) is 2.81. The Kier molecular flexibility index (Phi) is 9.10. The van der Waals surface area contributed by atoms with Crippen molar-refractivity contribution in [3.8, 4) is 11.5 Å². The van der Waals surface area contributed by atoms with Crippen LogP contribution in [0.4, 0.5) is 5.69 Å². The van der Waals surface area contributed by atoms with Crippen LogP contribution >= 0.6 is 0 Å². The maximum atomic E-state index is 13.4. The molecule has 0 spiro atoms. The predicted molar refractivity (Wildman–Crippen MR) is 127 cm³/mol. The number of rotatable bonds is 11. The van der Waals surface area contributed by atoms with E-state index in [0.717, 1.165) is 16.1 Å². The second kappa shape index (κ2) is 11.6. The van der Waals surface area contributed by atoms with Crippen molar-refractivity contribution in [3.05, 3.63) is 54.1 Å². The first-order valence-electron chi connectivity index (χ1n) is 10.4. The number of benzene rings is 2. The molecule has 10 heteroatoms. The maximum absolute atomic E-state index is 13.4. The molecule has 180 valence electrons. The minimum Gasteiger partial charge on any atom is -0.497 e. The molecule has 0 aromatic heterocycles. The number of nitrogens with one attached hydrogen (secondary N) is 1. The average molecular weight is 478 g/mol. The smallest absolute Gasteiger partial charge is 0.244 e. The van der Waals surface area contributed by atoms with Crippen molar-refractivity contribution < 1.29 is 27.5 Å². The van der Waals surface area contributed by atoms with Crippen molar-refractivity contribution in [3.63, 3.8) is 0 Å². The van der Waals surface area contributed by atoms with Crippen LogP contribution in [0.5, 0.6) is 11.5 Å². The van der Waals surface area contributed by atoms with Crippen molar-refractivity contribution in [2.45, 2.75) is 19.4 Å². The van der Waals surface area contributed by atoms with Gasteiger partial charge in [-0.05, 0) is 31.0 Å². The predicted octanol–water partition coefficient (Wildman–Crippen LogP) is 1.68. The minimum absolute atomic E-state index is 0.170. The van der Waals surface area contributed by atoms with E-state index in [-0.39, 0.29) is 23.9 Å². The van der Waals surface area contributed by atoms with E-state index in [2.05, 4.69) is 5.32 Å². The molecule has 0 saturated carbocycles. The number of carbonyl (C=O) groups excluding carboxylic acids is 2. The van der Waals surface area contributed by atoms with Crippen LogP contribution in [0.25, 0.3) is 0 Å². The van der Waals surface area contributed by atoms with E-state index >= 15 is 0 Å². The summed E-state index contributed by atoms with van der Waals surface area (Å²) in [6.07, 6.45) is 1.52. The highest BCUT2D eigenvalue weighted by Gasteiger charge is 2.30. The van der Waals surface area contributed by atoms with Crippen molar-refractivity contribution in [1.29, 1.82) is 0 Å². The van der Waals surface area contributed by atoms with E-state index in [1.807, 2.05) is 30.3 Å². The zero-order valence-electron chi connectivity index (χ0n) is 19.6. The molecule has 0 fully saturated rings. The van der Waals surface area contributed by atoms with Crippen LogP contribution in [0, 0.1) is 0 Å². The van der Waals surface area contributed by atoms with Crippen molar-refractivity contribution in [1.82, 2.24) is 10.2 Å². The lowest BCUT2D eigenvalue weighted by atomic mass is 10.1. The molecule has 1 unspecified atom stereocenters. The summed E-state index contributed by atoms with van der Waals surface area (Å²) in [4.78, 5) is 27.1. The molecule has 0 aliphatic rings. The van der Waals surface area contributed by atoms with Crippen LogP contribution in [-0.2, 0) is 26.0 Å². The normalized spacial score (nSPS) is 11.9. The topological polar surface area (TPSA) is 105 Å². The molecule has 33 heavy (non-hydrogen) atoms. The first-order chi connectivity index (χ1) is 15.6. The second-order valence-corrected chi connectivity index (χ2v) is 9.33. The van der Waals surface area contributed by atoms with Gasteiger partial charge in [-0.25, -0.2) is 8.42 Å². The SMILES string of the molecule is CNC(=O)C(C)N(CCc1ccccc1)C(=O)CN(c1cc(OC)ccc1OC)S(C)(=O)=O. The van der Waals surface area contributed by atoms with Crippen LogP contribution < -0.4 is 19.1 Å². The van der Waals surface area contributed by atoms with E-state index in [1.54, 1.807) is 19.1 Å². The zero-order valence-corrected chi connectivity index (χ0v) is 20.4. The number of likely N-dealkylation sites (N-methyl/N-ethyl adjacent to an activating group) is 1. The quantitative estimate of drug-likeness (QED) is 0.528. The molecule has 0 heterocycles. The Bertz CT molecular complexity index is 1060. The summed E-state index contributed by atoms with van der Waals surface area (Å²) in [5.74, 6) is -0.186. The third-order valence-electron chi connectivity index (χ3n) is 5.23. The highest BCUT2D eigenvalue weighted by atomic mass is 32.2. The van der Waals surface area contributed by atoms with Gasteiger partial charge in [-0.3, -0.25) is 13.9 Å². The second-order valence-electron chi connectivity index (χ2n) is 7.42. The third kappa shape index (κ3) is 6.85. The van der Waals surface area contributed by atoms with Gasteiger partial charge in [-0.2, -0.15) is 0 Å². The summed E-state index contributed by atoms with van der Waals surface area (Å²) in [7, 11) is 0.482. The first kappa shape index (κ1) is 26.0. The van der Waals surface area contributed by atoms with Crippen LogP contribution in [0.1, 0.15) is 12.5 Å². The molecule has 0 aliphatic heterocycles. The molecule has 9 nitrogen and oxygen atoms in total. The van der Waals surface area contributed by atoms with Crippen molar-refractivity contribution in [2.24, 2.45) is 0 Å². The van der Waals surface area contributed by atoms with E-state index in [4.69, 9.17) is 9.47 Å². The van der Waals surface area contributed by atoms with Gasteiger partial charge in [-0.1, -0.05) is 30.3 Å². The Labute approximate surface area is 195 Å². The molecule has 1 N–H and O–H groups in total. The molecule has 0 saturated heterocycles. The highest BCUT2D eigenvalue weighted by molar-refractivity contribution is 7.92. The molecule has 0 bridgehead atoms. The largest absolute Gasteiger partial charge is 0.497 e. The number of amides is 2. The number of sulfonamides is 1. The lowest BCUT2D eigenvalue weighted by Gasteiger charge is -2.31. The Morgan fingerprint density at radius 2 is 1.73 bits per heavy atom. The van der Waals surface area contributed by atoms with Crippen LogP contribution in [0.3, 0.4) is 0 Å². The Morgan fingerprint density at radius 1 is 1.06 bits per heavy atom. The number of hydrogen-bond acceptors (Lipinski definition) is 6. The van der Waals surface area contributed by atoms with Gasteiger partial charge in [-0.15, -0.1) is 0 Å². The summed E-state index contributed by atoms with van der Waals surface area (Å²) in [5, 5.41) is 2.55. The summed E-state index contributed by atoms with van der Waals surface area (Å²) in [6, 6.07) is 13.4. The summed E-state index contributed by atoms with van der Waals surface area (Å²) < 4.78 is 36.9. The molecule has 2 amide bonds. The first-order valence-corrected chi connectivity index (χ1v) is 12.2. The number of anilines is 1. The summed E-state index contributed by atoms with van der Waals surface area (Å²) in [5.41, 5.74) is 1.16. The molecule has 0 radical (unpaired) electrons. The number of carbonyl (C=O) groups is 2. The zero-order chi connectivity index (χ0) is 24.6. The van der Waals surface area contributed by atoms with Gasteiger partial charge < -0.3 is 19.7 Å². The molecular formula is C23H31N3O6S. The standard InChI is InChI=1S/C23H31N3O6S/c1-17(23(28)24-2)25(14-13-18-9-7-6-8-10-18)22(27)16-26(33(5,29)30)20-15-19(31-3)11-12-21(20)32-4/h6-12,15,17H,13-14,16H2,1-5H3,(H,24,28). The molecular weight excluding hydrogens is 446 g/mol. The van der Waals surface area contributed by atoms with Crippen LogP contribution in [0.2, 0.25) is 0 Å². The number of nitrogens with zero attached hydrogens (tertiary/aromatic N) is 2. The van der Waals surface area contributed by atoms with Crippen LogP contribution in [0.15, 0.2) is 48.5 Å². The van der Waals surface area contributed by atoms with Crippen molar-refractivity contribution in [2.75, 3.05) is 44.9 Å². The third-order valence-corrected chi connectivity index (χ3v) is 6.36. The van der Waals surface area contributed by atoms with E-state index in [0.29, 0.717) is 12.2 Å². The fourth-order valence-electron chi connectivity index (χ4n) is 3.37. The fourth-order valence-corrected chi connectivity index (χ4v) is 4.21. The van der Waals surface area contributed by atoms with Gasteiger partial charge in [0.2, 0.25) is 21.8 Å². The Morgan fingerprint density at radius 3 is 2.27 bits per heavy atom. The molecule has 2 aromatic rings. The van der Waals surface area contributed by atoms with Gasteiger partial charge >= 0.3 is 0 Å². The Hall–Kier alpha value is -3.27. The molecule has 1 atom stereocenters. The van der Waals surface area contributed by atoms with E-state index in [1.165, 1.54) is 32.2 Å². The Balaban J connectivity index is 2.39. The minimum atomic E-state index is -3.87. The molecule has 2 aromatic carbocycles. The van der Waals surface area contributed by atoms with Crippen LogP contribution in [-0.4, -0.2) is 71.8 Å². The lowest BCUT2D eigenvalue weighted by Crippen LogP contribution is -2.51. The summed E-state index contributed by atoms with van der Waals surface area (Å²) >= 11 is 0. The van der Waals surface area contributed by atoms with Gasteiger partial charge in [0.25, 0.3) is 0 Å². The maximum Gasteiger partial charge on any atom is 0.244 e. The number of hydrogen-bond donors (Lipinski definition) is 1. The fraction of sp³-hybridized carbons (Fsp3) is 0.391. The number of ether oxygens (including phenoxy) is 2. The highest BCUT2D eigenvalue weighted by Crippen LogP contribution is 2.33. The lowest BCUT2D eigenvalue weighted by molar-refractivity contribution is -0.138. The van der Waals surface area contributed by atoms with Gasteiger partial charge in [0.05, 0.1) is 26.2 Å². The van der Waals surface area contributed by atoms with E-state index < -0.39 is 28.5 Å². The monoisotopic (exact) mass is 477 g/mol. The van der Waals surface area contributed by atoms with E-state index in [9.17, 15) is 18.0 Å². The molecule has 0 aliphatic carbocycles. The molecule has 2 rings (SSSR count). The van der Waals surface area contributed by atoms with Crippen molar-refractivity contribution >= 4 is 27.5 Å². The van der Waals surface area contributed by atoms with Gasteiger partial charge in [0.1, 0.15) is 24.1 Å². The number of methoxy groups -OCH3 is 2. The van der Waals surface area contributed by atoms with Gasteiger partial charge in [0, 0.05) is 19.7 Å². The summed E-state index contributed by atoms with van der Waals surface area (Å²) in [6.45, 7) is 1.35.